The van der Waals surface area contributed by atoms with Gasteiger partial charge in [0.15, 0.2) is 0 Å². The first-order valence-corrected chi connectivity index (χ1v) is 9.25. The molecule has 0 radical (unpaired) electrons. The van der Waals surface area contributed by atoms with E-state index in [-0.39, 0.29) is 16.9 Å². The van der Waals surface area contributed by atoms with Crippen molar-refractivity contribution in [1.29, 1.82) is 0 Å². The van der Waals surface area contributed by atoms with E-state index >= 15 is 0 Å². The van der Waals surface area contributed by atoms with Gasteiger partial charge in [-0.15, -0.1) is 0 Å². The molecule has 1 fully saturated rings. The van der Waals surface area contributed by atoms with E-state index in [1.54, 1.807) is 6.07 Å². The first-order chi connectivity index (χ1) is 10.4. The maximum absolute atomic E-state index is 12.8. The van der Waals surface area contributed by atoms with Crippen LogP contribution in [0.2, 0.25) is 0 Å². The van der Waals surface area contributed by atoms with Gasteiger partial charge in [0.1, 0.15) is 10.6 Å². The van der Waals surface area contributed by atoms with Crippen LogP contribution in [0.3, 0.4) is 0 Å². The van der Waals surface area contributed by atoms with Gasteiger partial charge in [-0.3, -0.25) is 0 Å². The highest BCUT2D eigenvalue weighted by molar-refractivity contribution is 7.89. The smallest absolute Gasteiger partial charge is 0.244 e. The van der Waals surface area contributed by atoms with E-state index in [2.05, 4.69) is 4.72 Å². The zero-order valence-corrected chi connectivity index (χ0v) is 14.4. The third-order valence-electron chi connectivity index (χ3n) is 4.40. The van der Waals surface area contributed by atoms with Crippen LogP contribution in [-0.4, -0.2) is 28.1 Å². The van der Waals surface area contributed by atoms with Crippen LogP contribution in [0, 0.1) is 19.8 Å². The normalized spacial score (nSPS) is 22.5. The standard InChI is InChI=1S/C16H26N2O3S/c1-11-8-12(2)16(21-3)15(9-11)22(19,20)18-14-7-5-4-6-13(14)10-17/h8-9,13-14,18H,4-7,10,17H2,1-3H3. The fourth-order valence-electron chi connectivity index (χ4n) is 3.28. The Balaban J connectivity index is 2.34. The molecule has 2 atom stereocenters. The Bertz CT molecular complexity index is 629. The number of hydrogen-bond acceptors (Lipinski definition) is 4. The molecular weight excluding hydrogens is 300 g/mol. The van der Waals surface area contributed by atoms with Crippen molar-refractivity contribution in [3.63, 3.8) is 0 Å². The molecule has 6 heteroatoms. The minimum atomic E-state index is -3.62. The molecule has 0 amide bonds. The van der Waals surface area contributed by atoms with Gasteiger partial charge in [0.25, 0.3) is 0 Å². The maximum Gasteiger partial charge on any atom is 0.244 e. The molecule has 3 N–H and O–H groups in total. The lowest BCUT2D eigenvalue weighted by atomic mass is 9.85. The highest BCUT2D eigenvalue weighted by Crippen LogP contribution is 2.31. The molecule has 22 heavy (non-hydrogen) atoms. The topological polar surface area (TPSA) is 81.4 Å². The van der Waals surface area contributed by atoms with Gasteiger partial charge in [0.05, 0.1) is 7.11 Å². The molecule has 1 aliphatic carbocycles. The van der Waals surface area contributed by atoms with Crippen LogP contribution < -0.4 is 15.2 Å². The van der Waals surface area contributed by atoms with Crippen LogP contribution in [0.25, 0.3) is 0 Å². The number of hydrogen-bond donors (Lipinski definition) is 2. The lowest BCUT2D eigenvalue weighted by Crippen LogP contribution is -2.44. The van der Waals surface area contributed by atoms with Gasteiger partial charge in [-0.25, -0.2) is 13.1 Å². The van der Waals surface area contributed by atoms with Gasteiger partial charge in [-0.05, 0) is 56.3 Å². The average molecular weight is 326 g/mol. The summed E-state index contributed by atoms with van der Waals surface area (Å²) in [6, 6.07) is 3.49. The van der Waals surface area contributed by atoms with Gasteiger partial charge in [0, 0.05) is 6.04 Å². The first-order valence-electron chi connectivity index (χ1n) is 7.76. The van der Waals surface area contributed by atoms with Crippen molar-refractivity contribution in [2.24, 2.45) is 11.7 Å². The summed E-state index contributed by atoms with van der Waals surface area (Å²) in [5.41, 5.74) is 7.52. The molecule has 0 aromatic heterocycles. The molecule has 1 saturated carbocycles. The zero-order valence-electron chi connectivity index (χ0n) is 13.6. The Morgan fingerprint density at radius 1 is 1.27 bits per heavy atom. The average Bonchev–Trinajstić information content (AvgIpc) is 2.46. The number of nitrogens with one attached hydrogen (secondary N) is 1. The summed E-state index contributed by atoms with van der Waals surface area (Å²) in [6.07, 6.45) is 3.97. The van der Waals surface area contributed by atoms with Crippen molar-refractivity contribution in [1.82, 2.24) is 4.72 Å². The SMILES string of the molecule is COc1c(C)cc(C)cc1S(=O)(=O)NC1CCCCC1CN. The second-order valence-corrected chi connectivity index (χ2v) is 7.80. The van der Waals surface area contributed by atoms with E-state index in [1.165, 1.54) is 7.11 Å². The predicted octanol–water partition coefficient (Wildman–Crippen LogP) is 2.11. The monoisotopic (exact) mass is 326 g/mol. The van der Waals surface area contributed by atoms with Gasteiger partial charge >= 0.3 is 0 Å². The Labute approximate surface area is 133 Å². The summed E-state index contributed by atoms with van der Waals surface area (Å²) >= 11 is 0. The Morgan fingerprint density at radius 2 is 1.95 bits per heavy atom. The molecule has 124 valence electrons. The Hall–Kier alpha value is -1.11. The van der Waals surface area contributed by atoms with Crippen LogP contribution in [0.15, 0.2) is 17.0 Å². The van der Waals surface area contributed by atoms with Crippen molar-refractivity contribution in [3.8, 4) is 5.75 Å². The summed E-state index contributed by atoms with van der Waals surface area (Å²) in [5, 5.41) is 0. The molecule has 0 saturated heterocycles. The number of nitrogens with two attached hydrogens (primary N) is 1. The van der Waals surface area contributed by atoms with E-state index in [1.807, 2.05) is 19.9 Å². The first kappa shape index (κ1) is 17.2. The van der Waals surface area contributed by atoms with Crippen LogP contribution in [0.1, 0.15) is 36.8 Å². The number of aryl methyl sites for hydroxylation is 2. The molecule has 1 aliphatic rings. The number of benzene rings is 1. The fraction of sp³-hybridized carbons (Fsp3) is 0.625. The van der Waals surface area contributed by atoms with Crippen molar-refractivity contribution in [2.75, 3.05) is 13.7 Å². The van der Waals surface area contributed by atoms with Crippen LogP contribution in [-0.2, 0) is 10.0 Å². The third-order valence-corrected chi connectivity index (χ3v) is 5.89. The molecule has 5 nitrogen and oxygen atoms in total. The number of sulfonamides is 1. The van der Waals surface area contributed by atoms with Crippen LogP contribution in [0.5, 0.6) is 5.75 Å². The molecule has 2 rings (SSSR count). The zero-order chi connectivity index (χ0) is 16.3. The summed E-state index contributed by atoms with van der Waals surface area (Å²) < 4.78 is 33.8. The van der Waals surface area contributed by atoms with E-state index in [0.717, 1.165) is 36.8 Å². The Morgan fingerprint density at radius 3 is 2.59 bits per heavy atom. The molecule has 0 aliphatic heterocycles. The van der Waals surface area contributed by atoms with E-state index in [0.29, 0.717) is 12.3 Å². The molecule has 2 unspecified atom stereocenters. The Kier molecular flexibility index (Phi) is 5.47. The fourth-order valence-corrected chi connectivity index (χ4v) is 4.95. The minimum absolute atomic E-state index is 0.0886. The lowest BCUT2D eigenvalue weighted by molar-refractivity contribution is 0.295. The molecule has 1 aromatic carbocycles. The van der Waals surface area contributed by atoms with E-state index in [4.69, 9.17) is 10.5 Å². The second-order valence-electron chi connectivity index (χ2n) is 6.12. The summed E-state index contributed by atoms with van der Waals surface area (Å²) in [5.74, 6) is 0.624. The highest BCUT2D eigenvalue weighted by Gasteiger charge is 2.30. The minimum Gasteiger partial charge on any atom is -0.495 e. The maximum atomic E-state index is 12.8. The molecule has 0 spiro atoms. The highest BCUT2D eigenvalue weighted by atomic mass is 32.2. The van der Waals surface area contributed by atoms with Crippen molar-refractivity contribution in [2.45, 2.75) is 50.5 Å². The lowest BCUT2D eigenvalue weighted by Gasteiger charge is -2.31. The van der Waals surface area contributed by atoms with Gasteiger partial charge < -0.3 is 10.5 Å². The summed E-state index contributed by atoms with van der Waals surface area (Å²) in [4.78, 5) is 0.217. The number of ether oxygens (including phenoxy) is 1. The van der Waals surface area contributed by atoms with Gasteiger partial charge in [-0.2, -0.15) is 0 Å². The summed E-state index contributed by atoms with van der Waals surface area (Å²) in [6.45, 7) is 4.25. The molecular formula is C16H26N2O3S. The predicted molar refractivity (Wildman–Crippen MR) is 87.6 cm³/mol. The second kappa shape index (κ2) is 6.98. The van der Waals surface area contributed by atoms with Gasteiger partial charge in [-0.1, -0.05) is 18.9 Å². The largest absolute Gasteiger partial charge is 0.495 e. The van der Waals surface area contributed by atoms with Crippen molar-refractivity contribution in [3.05, 3.63) is 23.3 Å². The van der Waals surface area contributed by atoms with Crippen molar-refractivity contribution >= 4 is 10.0 Å². The summed E-state index contributed by atoms with van der Waals surface area (Å²) in [7, 11) is -2.12. The number of methoxy groups -OCH3 is 1. The van der Waals surface area contributed by atoms with Crippen LogP contribution in [0.4, 0.5) is 0 Å². The van der Waals surface area contributed by atoms with E-state index in [9.17, 15) is 8.42 Å². The number of rotatable bonds is 5. The van der Waals surface area contributed by atoms with Gasteiger partial charge in [0.2, 0.25) is 10.0 Å². The molecule has 0 heterocycles. The molecule has 1 aromatic rings. The van der Waals surface area contributed by atoms with E-state index < -0.39 is 10.0 Å². The van der Waals surface area contributed by atoms with Crippen LogP contribution >= 0.6 is 0 Å². The quantitative estimate of drug-likeness (QED) is 0.868. The van der Waals surface area contributed by atoms with Crippen molar-refractivity contribution < 1.29 is 13.2 Å². The third kappa shape index (κ3) is 3.62. The molecule has 0 bridgehead atoms.